The molecule has 1 fully saturated rings. The van der Waals surface area contributed by atoms with Crippen molar-refractivity contribution in [3.05, 3.63) is 38.3 Å². The molecule has 2 heterocycles. The Balaban J connectivity index is 1.73. The summed E-state index contributed by atoms with van der Waals surface area (Å²) in [6, 6.07) is 1.50. The van der Waals surface area contributed by atoms with Crippen molar-refractivity contribution in [2.75, 3.05) is 5.32 Å². The molecule has 6 heteroatoms. The lowest BCUT2D eigenvalue weighted by molar-refractivity contribution is 0.904. The summed E-state index contributed by atoms with van der Waals surface area (Å²) >= 11 is 1.65. The van der Waals surface area contributed by atoms with Crippen LogP contribution >= 0.6 is 11.3 Å². The van der Waals surface area contributed by atoms with E-state index in [1.807, 2.05) is 13.1 Å². The zero-order valence-corrected chi connectivity index (χ0v) is 10.9. The van der Waals surface area contributed by atoms with Crippen molar-refractivity contribution in [2.24, 2.45) is 0 Å². The summed E-state index contributed by atoms with van der Waals surface area (Å²) in [5, 5.41) is 4.22. The van der Waals surface area contributed by atoms with Crippen LogP contribution in [0.15, 0.2) is 17.1 Å². The van der Waals surface area contributed by atoms with Crippen molar-refractivity contribution >= 4 is 17.2 Å². The van der Waals surface area contributed by atoms with Crippen LogP contribution in [0.2, 0.25) is 0 Å². The molecule has 94 valence electrons. The highest BCUT2D eigenvalue weighted by Crippen LogP contribution is 2.37. The summed E-state index contributed by atoms with van der Waals surface area (Å²) in [6.45, 7) is 2.64. The molecule has 2 aromatic rings. The van der Waals surface area contributed by atoms with Crippen molar-refractivity contribution in [3.8, 4) is 0 Å². The largest absolute Gasteiger partial charge is 0.365 e. The quantitative estimate of drug-likeness (QED) is 0.884. The van der Waals surface area contributed by atoms with Crippen molar-refractivity contribution in [1.29, 1.82) is 0 Å². The Morgan fingerprint density at radius 2 is 2.39 bits per heavy atom. The van der Waals surface area contributed by atoms with E-state index in [1.165, 1.54) is 6.07 Å². The SMILES string of the molecule is Cc1ncc(CNc2cc(=O)[nH]c(C3CC3)n2)s1. The zero-order chi connectivity index (χ0) is 12.5. The predicted molar refractivity (Wildman–Crippen MR) is 71.0 cm³/mol. The van der Waals surface area contributed by atoms with Crippen LogP contribution in [-0.4, -0.2) is 15.0 Å². The monoisotopic (exact) mass is 262 g/mol. The molecule has 5 nitrogen and oxygen atoms in total. The summed E-state index contributed by atoms with van der Waals surface area (Å²) in [5.41, 5.74) is -0.0881. The van der Waals surface area contributed by atoms with Gasteiger partial charge in [-0.3, -0.25) is 4.79 Å². The number of hydrogen-bond donors (Lipinski definition) is 2. The van der Waals surface area contributed by atoms with Gasteiger partial charge in [0.1, 0.15) is 11.6 Å². The number of nitrogens with one attached hydrogen (secondary N) is 2. The molecule has 0 saturated heterocycles. The van der Waals surface area contributed by atoms with Crippen molar-refractivity contribution in [2.45, 2.75) is 32.2 Å². The Bertz CT molecular complexity index is 615. The minimum Gasteiger partial charge on any atom is -0.365 e. The summed E-state index contributed by atoms with van der Waals surface area (Å²) in [6.07, 6.45) is 4.10. The summed E-state index contributed by atoms with van der Waals surface area (Å²) < 4.78 is 0. The van der Waals surface area contributed by atoms with Crippen molar-refractivity contribution < 1.29 is 0 Å². The van der Waals surface area contributed by atoms with E-state index in [2.05, 4.69) is 20.3 Å². The molecule has 3 rings (SSSR count). The first-order chi connectivity index (χ1) is 8.70. The highest BCUT2D eigenvalue weighted by molar-refractivity contribution is 7.11. The first kappa shape index (κ1) is 11.4. The fourth-order valence-electron chi connectivity index (χ4n) is 1.78. The van der Waals surface area contributed by atoms with E-state index < -0.39 is 0 Å². The third kappa shape index (κ3) is 2.59. The van der Waals surface area contributed by atoms with Crippen molar-refractivity contribution in [1.82, 2.24) is 15.0 Å². The second-order valence-corrected chi connectivity index (χ2v) is 5.81. The standard InChI is InChI=1S/C12H14N4OS/c1-7-13-5-9(18-7)6-14-10-4-11(17)16-12(15-10)8-2-3-8/h4-5,8H,2-3,6H2,1H3,(H2,14,15,16,17). The average Bonchev–Trinajstić information content (AvgIpc) is 3.10. The predicted octanol–water partition coefficient (Wildman–Crippen LogP) is 2.02. The minimum absolute atomic E-state index is 0.0881. The van der Waals surface area contributed by atoms with Gasteiger partial charge in [0.2, 0.25) is 0 Å². The zero-order valence-electron chi connectivity index (χ0n) is 10.1. The van der Waals surface area contributed by atoms with Gasteiger partial charge in [0.15, 0.2) is 0 Å². The Morgan fingerprint density at radius 3 is 3.06 bits per heavy atom. The minimum atomic E-state index is -0.0881. The fraction of sp³-hybridized carbons (Fsp3) is 0.417. The highest BCUT2D eigenvalue weighted by Gasteiger charge is 2.26. The van der Waals surface area contributed by atoms with E-state index >= 15 is 0 Å². The molecule has 0 atom stereocenters. The number of anilines is 1. The fourth-order valence-corrected chi connectivity index (χ4v) is 2.52. The van der Waals surface area contributed by atoms with Crippen LogP contribution in [-0.2, 0) is 6.54 Å². The molecule has 0 unspecified atom stereocenters. The van der Waals surface area contributed by atoms with E-state index in [0.717, 1.165) is 28.6 Å². The number of H-pyrrole nitrogens is 1. The molecule has 18 heavy (non-hydrogen) atoms. The van der Waals surface area contributed by atoms with Crippen LogP contribution in [0.3, 0.4) is 0 Å². The van der Waals surface area contributed by atoms with E-state index in [-0.39, 0.29) is 5.56 Å². The molecule has 0 radical (unpaired) electrons. The van der Waals surface area contributed by atoms with Gasteiger partial charge in [-0.2, -0.15) is 0 Å². The topological polar surface area (TPSA) is 70.7 Å². The molecular weight excluding hydrogens is 248 g/mol. The Kier molecular flexibility index (Phi) is 2.87. The van der Waals surface area contributed by atoms with Gasteiger partial charge in [0.05, 0.1) is 11.6 Å². The van der Waals surface area contributed by atoms with Crippen LogP contribution in [0.5, 0.6) is 0 Å². The van der Waals surface area contributed by atoms with E-state index in [1.54, 1.807) is 11.3 Å². The molecule has 0 spiro atoms. The van der Waals surface area contributed by atoms with Crippen LogP contribution in [0.1, 0.15) is 34.5 Å². The summed E-state index contributed by atoms with van der Waals surface area (Å²) in [4.78, 5) is 24.1. The molecule has 0 aliphatic heterocycles. The van der Waals surface area contributed by atoms with Crippen molar-refractivity contribution in [3.63, 3.8) is 0 Å². The lowest BCUT2D eigenvalue weighted by Gasteiger charge is -2.05. The summed E-state index contributed by atoms with van der Waals surface area (Å²) in [5.74, 6) is 1.90. The van der Waals surface area contributed by atoms with Gasteiger partial charge in [0, 0.05) is 23.1 Å². The molecular formula is C12H14N4OS. The summed E-state index contributed by atoms with van der Waals surface area (Å²) in [7, 11) is 0. The van der Waals surface area contributed by atoms with E-state index in [4.69, 9.17) is 0 Å². The van der Waals surface area contributed by atoms with E-state index in [9.17, 15) is 4.79 Å². The first-order valence-corrected chi connectivity index (χ1v) is 6.79. The second kappa shape index (κ2) is 4.53. The molecule has 0 amide bonds. The third-order valence-electron chi connectivity index (χ3n) is 2.84. The van der Waals surface area contributed by atoms with Gasteiger partial charge in [-0.25, -0.2) is 9.97 Å². The number of aromatic nitrogens is 3. The number of thiazole rings is 1. The third-order valence-corrected chi connectivity index (χ3v) is 3.75. The molecule has 0 aromatic carbocycles. The molecule has 0 bridgehead atoms. The maximum Gasteiger partial charge on any atom is 0.252 e. The molecule has 2 N–H and O–H groups in total. The van der Waals surface area contributed by atoms with Crippen LogP contribution in [0.4, 0.5) is 5.82 Å². The van der Waals surface area contributed by atoms with Gasteiger partial charge < -0.3 is 10.3 Å². The van der Waals surface area contributed by atoms with E-state index in [0.29, 0.717) is 18.3 Å². The lowest BCUT2D eigenvalue weighted by Crippen LogP contribution is -2.13. The molecule has 1 saturated carbocycles. The molecule has 2 aromatic heterocycles. The van der Waals surface area contributed by atoms with Gasteiger partial charge in [-0.15, -0.1) is 11.3 Å². The van der Waals surface area contributed by atoms with Gasteiger partial charge >= 0.3 is 0 Å². The van der Waals surface area contributed by atoms with Crippen LogP contribution < -0.4 is 10.9 Å². The molecule has 1 aliphatic carbocycles. The smallest absolute Gasteiger partial charge is 0.252 e. The highest BCUT2D eigenvalue weighted by atomic mass is 32.1. The first-order valence-electron chi connectivity index (χ1n) is 5.97. The number of aryl methyl sites for hydroxylation is 1. The van der Waals surface area contributed by atoms with Gasteiger partial charge in [-0.05, 0) is 19.8 Å². The number of aromatic amines is 1. The maximum absolute atomic E-state index is 11.5. The lowest BCUT2D eigenvalue weighted by atomic mass is 10.4. The maximum atomic E-state index is 11.5. The number of rotatable bonds is 4. The average molecular weight is 262 g/mol. The Morgan fingerprint density at radius 1 is 1.56 bits per heavy atom. The van der Waals surface area contributed by atoms with Crippen LogP contribution in [0, 0.1) is 6.92 Å². The second-order valence-electron chi connectivity index (χ2n) is 4.49. The number of nitrogens with zero attached hydrogens (tertiary/aromatic N) is 2. The van der Waals surface area contributed by atoms with Gasteiger partial charge in [-0.1, -0.05) is 0 Å². The normalized spacial score (nSPS) is 14.7. The Hall–Kier alpha value is -1.69. The molecule has 1 aliphatic rings. The Labute approximate surface area is 108 Å². The van der Waals surface area contributed by atoms with Gasteiger partial charge in [0.25, 0.3) is 5.56 Å². The number of hydrogen-bond acceptors (Lipinski definition) is 5. The van der Waals surface area contributed by atoms with Crippen LogP contribution in [0.25, 0.3) is 0 Å².